The summed E-state index contributed by atoms with van der Waals surface area (Å²) >= 11 is 0. The van der Waals surface area contributed by atoms with E-state index in [0.717, 1.165) is 5.56 Å². The van der Waals surface area contributed by atoms with Gasteiger partial charge in [0.15, 0.2) is 5.78 Å². The van der Waals surface area contributed by atoms with Gasteiger partial charge in [0.1, 0.15) is 0 Å². The van der Waals surface area contributed by atoms with Crippen molar-refractivity contribution in [2.75, 3.05) is 5.32 Å². The fourth-order valence-corrected chi connectivity index (χ4v) is 2.26. The van der Waals surface area contributed by atoms with Crippen molar-refractivity contribution >= 4 is 23.3 Å². The van der Waals surface area contributed by atoms with Crippen molar-refractivity contribution in [3.63, 3.8) is 0 Å². The van der Waals surface area contributed by atoms with Crippen LogP contribution < -0.4 is 10.6 Å². The Morgan fingerprint density at radius 2 is 1.61 bits per heavy atom. The second kappa shape index (κ2) is 8.46. The third kappa shape index (κ3) is 6.22. The van der Waals surface area contributed by atoms with E-state index in [4.69, 9.17) is 0 Å². The molecule has 0 aromatic heterocycles. The molecule has 0 aliphatic heterocycles. The first kappa shape index (κ1) is 18.9. The molecular weight excluding hydrogens is 292 g/mol. The minimum absolute atomic E-state index is 0.0150. The van der Waals surface area contributed by atoms with Crippen LogP contribution in [0.15, 0.2) is 24.3 Å². The Morgan fingerprint density at radius 1 is 1.04 bits per heavy atom. The maximum atomic E-state index is 12.3. The number of anilines is 1. The highest BCUT2D eigenvalue weighted by molar-refractivity contribution is 5.97. The molecule has 0 aliphatic rings. The predicted molar refractivity (Wildman–Crippen MR) is 91.0 cm³/mol. The molecular formula is C18H26N2O3. The van der Waals surface area contributed by atoms with Crippen molar-refractivity contribution < 1.29 is 14.4 Å². The number of Topliss-reactive ketones (excluding diaryl/α,β-unsaturated/α-hetero) is 1. The fourth-order valence-electron chi connectivity index (χ4n) is 2.26. The first-order valence-corrected chi connectivity index (χ1v) is 7.88. The number of nitrogens with one attached hydrogen (secondary N) is 2. The van der Waals surface area contributed by atoms with Gasteiger partial charge in [0, 0.05) is 24.9 Å². The molecule has 1 unspecified atom stereocenters. The molecule has 1 aromatic rings. The van der Waals surface area contributed by atoms with Crippen LogP contribution in [0.3, 0.4) is 0 Å². The van der Waals surface area contributed by atoms with Gasteiger partial charge in [-0.1, -0.05) is 38.5 Å². The van der Waals surface area contributed by atoms with E-state index < -0.39 is 12.0 Å². The molecule has 5 nitrogen and oxygen atoms in total. The summed E-state index contributed by atoms with van der Waals surface area (Å²) in [4.78, 5) is 35.7. The van der Waals surface area contributed by atoms with Crippen molar-refractivity contribution in [3.05, 3.63) is 29.8 Å². The van der Waals surface area contributed by atoms with E-state index in [1.165, 1.54) is 6.92 Å². The molecule has 5 heteroatoms. The summed E-state index contributed by atoms with van der Waals surface area (Å²) in [5, 5.41) is 5.46. The van der Waals surface area contributed by atoms with Crippen LogP contribution in [-0.4, -0.2) is 23.6 Å². The standard InChI is InChI=1S/C18H26N2O3/c1-11(2)17(19-14(5)21)16(22)10-13(4)18(23)20-15-8-6-12(3)7-9-15/h6-9,11,13,17H,10H2,1-5H3,(H,19,21)(H,20,23)/t13-,17?/m1/s1. The van der Waals surface area contributed by atoms with E-state index in [9.17, 15) is 14.4 Å². The quantitative estimate of drug-likeness (QED) is 0.811. The van der Waals surface area contributed by atoms with Gasteiger partial charge in [-0.05, 0) is 25.0 Å². The van der Waals surface area contributed by atoms with Crippen molar-refractivity contribution in [1.29, 1.82) is 0 Å². The normalized spacial score (nSPS) is 13.3. The van der Waals surface area contributed by atoms with Gasteiger partial charge in [0.05, 0.1) is 6.04 Å². The Kier molecular flexibility index (Phi) is 6.94. The van der Waals surface area contributed by atoms with Gasteiger partial charge < -0.3 is 10.6 Å². The average molecular weight is 318 g/mol. The van der Waals surface area contributed by atoms with E-state index in [1.807, 2.05) is 45.0 Å². The molecule has 0 aliphatic carbocycles. The predicted octanol–water partition coefficient (Wildman–Crippen LogP) is 2.69. The largest absolute Gasteiger partial charge is 0.346 e. The van der Waals surface area contributed by atoms with Crippen LogP contribution in [-0.2, 0) is 14.4 Å². The van der Waals surface area contributed by atoms with Gasteiger partial charge in [0.2, 0.25) is 11.8 Å². The lowest BCUT2D eigenvalue weighted by Crippen LogP contribution is -2.44. The molecule has 1 rings (SSSR count). The zero-order valence-electron chi connectivity index (χ0n) is 14.5. The molecule has 1 aromatic carbocycles. The zero-order chi connectivity index (χ0) is 17.6. The highest BCUT2D eigenvalue weighted by Gasteiger charge is 2.26. The highest BCUT2D eigenvalue weighted by Crippen LogP contribution is 2.14. The van der Waals surface area contributed by atoms with E-state index in [2.05, 4.69) is 10.6 Å². The number of carbonyl (C=O) groups excluding carboxylic acids is 3. The lowest BCUT2D eigenvalue weighted by molar-refractivity contribution is -0.130. The summed E-state index contributed by atoms with van der Waals surface area (Å²) in [6.07, 6.45) is 0.0980. The van der Waals surface area contributed by atoms with Crippen molar-refractivity contribution in [1.82, 2.24) is 5.32 Å². The number of aryl methyl sites for hydroxylation is 1. The molecule has 0 saturated heterocycles. The first-order valence-electron chi connectivity index (χ1n) is 7.88. The SMILES string of the molecule is CC(=O)NC(C(=O)C[C@@H](C)C(=O)Nc1ccc(C)cc1)C(C)C. The Labute approximate surface area is 137 Å². The van der Waals surface area contributed by atoms with Crippen molar-refractivity contribution in [2.45, 2.75) is 47.1 Å². The zero-order valence-corrected chi connectivity index (χ0v) is 14.5. The summed E-state index contributed by atoms with van der Waals surface area (Å²) in [6, 6.07) is 6.93. The van der Waals surface area contributed by atoms with Crippen LogP contribution in [0.1, 0.15) is 39.7 Å². The van der Waals surface area contributed by atoms with Gasteiger partial charge in [0.25, 0.3) is 0 Å². The van der Waals surface area contributed by atoms with E-state index >= 15 is 0 Å². The lowest BCUT2D eigenvalue weighted by Gasteiger charge is -2.22. The van der Waals surface area contributed by atoms with Gasteiger partial charge >= 0.3 is 0 Å². The second-order valence-electron chi connectivity index (χ2n) is 6.35. The molecule has 0 heterocycles. The second-order valence-corrected chi connectivity index (χ2v) is 6.35. The molecule has 0 radical (unpaired) electrons. The van der Waals surface area contributed by atoms with Crippen LogP contribution in [0.25, 0.3) is 0 Å². The number of rotatable bonds is 7. The molecule has 0 fully saturated rings. The third-order valence-corrected chi connectivity index (χ3v) is 3.65. The monoisotopic (exact) mass is 318 g/mol. The number of benzene rings is 1. The Morgan fingerprint density at radius 3 is 2.09 bits per heavy atom. The van der Waals surface area contributed by atoms with Crippen LogP contribution in [0.5, 0.6) is 0 Å². The molecule has 0 saturated carbocycles. The van der Waals surface area contributed by atoms with Gasteiger partial charge in [-0.25, -0.2) is 0 Å². The number of ketones is 1. The molecule has 23 heavy (non-hydrogen) atoms. The molecule has 2 atom stereocenters. The van der Waals surface area contributed by atoms with Crippen LogP contribution in [0.2, 0.25) is 0 Å². The van der Waals surface area contributed by atoms with E-state index in [0.29, 0.717) is 5.69 Å². The van der Waals surface area contributed by atoms with E-state index in [-0.39, 0.29) is 29.9 Å². The summed E-state index contributed by atoms with van der Waals surface area (Å²) < 4.78 is 0. The smallest absolute Gasteiger partial charge is 0.227 e. The molecule has 0 bridgehead atoms. The number of amides is 2. The van der Waals surface area contributed by atoms with Crippen molar-refractivity contribution in [2.24, 2.45) is 11.8 Å². The average Bonchev–Trinajstić information content (AvgIpc) is 2.46. The maximum Gasteiger partial charge on any atom is 0.227 e. The highest BCUT2D eigenvalue weighted by atomic mass is 16.2. The minimum atomic E-state index is -0.554. The van der Waals surface area contributed by atoms with E-state index in [1.54, 1.807) is 6.92 Å². The van der Waals surface area contributed by atoms with Crippen LogP contribution >= 0.6 is 0 Å². The third-order valence-electron chi connectivity index (χ3n) is 3.65. The van der Waals surface area contributed by atoms with Gasteiger partial charge in [-0.15, -0.1) is 0 Å². The molecule has 2 amide bonds. The topological polar surface area (TPSA) is 75.3 Å². The minimum Gasteiger partial charge on any atom is -0.346 e. The molecule has 0 spiro atoms. The number of hydrogen-bond donors (Lipinski definition) is 2. The maximum absolute atomic E-state index is 12.3. The Balaban J connectivity index is 2.63. The summed E-state index contributed by atoms with van der Waals surface area (Å²) in [5.41, 5.74) is 1.82. The fraction of sp³-hybridized carbons (Fsp3) is 0.500. The van der Waals surface area contributed by atoms with Crippen LogP contribution in [0.4, 0.5) is 5.69 Å². The van der Waals surface area contributed by atoms with Gasteiger partial charge in [-0.2, -0.15) is 0 Å². The molecule has 126 valence electrons. The van der Waals surface area contributed by atoms with Crippen molar-refractivity contribution in [3.8, 4) is 0 Å². The number of carbonyl (C=O) groups is 3. The number of hydrogen-bond acceptors (Lipinski definition) is 3. The lowest BCUT2D eigenvalue weighted by atomic mass is 9.93. The Bertz CT molecular complexity index is 564. The van der Waals surface area contributed by atoms with Crippen LogP contribution in [0, 0.1) is 18.8 Å². The summed E-state index contributed by atoms with van der Waals surface area (Å²) in [6.45, 7) is 8.81. The Hall–Kier alpha value is -2.17. The summed E-state index contributed by atoms with van der Waals surface area (Å²) in [5.74, 6) is -1.04. The first-order chi connectivity index (χ1) is 10.7. The van der Waals surface area contributed by atoms with Gasteiger partial charge in [-0.3, -0.25) is 14.4 Å². The molecule has 2 N–H and O–H groups in total. The summed E-state index contributed by atoms with van der Waals surface area (Å²) in [7, 11) is 0.